The highest BCUT2D eigenvalue weighted by Crippen LogP contribution is 2.21. The van der Waals surface area contributed by atoms with Crippen molar-refractivity contribution in [3.63, 3.8) is 0 Å². The molecule has 0 unspecified atom stereocenters. The number of aromatic nitrogens is 4. The average molecular weight is 277 g/mol. The van der Waals surface area contributed by atoms with Crippen molar-refractivity contribution in [3.05, 3.63) is 5.69 Å². The second kappa shape index (κ2) is 6.29. The number of fused-ring (bicyclic) bond motifs is 1. The minimum absolute atomic E-state index is 0.610. The molecule has 0 aliphatic rings. The largest absolute Gasteiger partial charge is 0.369 e. The van der Waals surface area contributed by atoms with Gasteiger partial charge in [-0.2, -0.15) is 5.10 Å². The number of hydrogen-bond acceptors (Lipinski definition) is 3. The average Bonchev–Trinajstić information content (AvgIpc) is 2.83. The molecule has 2 heterocycles. The number of rotatable bonds is 7. The minimum Gasteiger partial charge on any atom is -0.369 e. The predicted octanol–water partition coefficient (Wildman–Crippen LogP) is 3.27. The molecule has 2 aromatic heterocycles. The van der Waals surface area contributed by atoms with Crippen molar-refractivity contribution < 1.29 is 0 Å². The van der Waals surface area contributed by atoms with Crippen LogP contribution in [0, 0.1) is 12.8 Å². The fraction of sp³-hybridized carbons (Fsp3) is 0.733. The second-order valence-corrected chi connectivity index (χ2v) is 6.10. The van der Waals surface area contributed by atoms with Crippen molar-refractivity contribution in [2.75, 3.05) is 5.73 Å². The van der Waals surface area contributed by atoms with Gasteiger partial charge in [0.15, 0.2) is 5.65 Å². The Bertz CT molecular complexity index is 564. The van der Waals surface area contributed by atoms with Gasteiger partial charge in [-0.1, -0.05) is 39.5 Å². The number of imidazole rings is 1. The maximum Gasteiger partial charge on any atom is 0.202 e. The fourth-order valence-corrected chi connectivity index (χ4v) is 2.75. The van der Waals surface area contributed by atoms with Gasteiger partial charge in [0.2, 0.25) is 5.95 Å². The number of nitrogens with two attached hydrogens (primary N) is 1. The van der Waals surface area contributed by atoms with Crippen LogP contribution in [0.2, 0.25) is 0 Å². The molecule has 5 nitrogen and oxygen atoms in total. The third kappa shape index (κ3) is 3.14. The van der Waals surface area contributed by atoms with Gasteiger partial charge in [-0.15, -0.1) is 0 Å². The molecule has 2 N–H and O–H groups in total. The second-order valence-electron chi connectivity index (χ2n) is 6.10. The molecule has 0 aliphatic carbocycles. The van der Waals surface area contributed by atoms with Crippen LogP contribution in [0.5, 0.6) is 0 Å². The van der Waals surface area contributed by atoms with Crippen molar-refractivity contribution in [3.8, 4) is 0 Å². The summed E-state index contributed by atoms with van der Waals surface area (Å²) < 4.78 is 3.98. The van der Waals surface area contributed by atoms with Crippen LogP contribution in [0.1, 0.15) is 51.6 Å². The first kappa shape index (κ1) is 14.9. The zero-order chi connectivity index (χ0) is 14.7. The molecule has 112 valence electrons. The molecular formula is C15H27N5. The van der Waals surface area contributed by atoms with Gasteiger partial charge in [0.05, 0.1) is 5.69 Å². The van der Waals surface area contributed by atoms with Gasteiger partial charge in [0, 0.05) is 13.6 Å². The van der Waals surface area contributed by atoms with E-state index in [0.717, 1.165) is 35.7 Å². The summed E-state index contributed by atoms with van der Waals surface area (Å²) in [5.41, 5.74) is 8.95. The Kier molecular flexibility index (Phi) is 4.68. The summed E-state index contributed by atoms with van der Waals surface area (Å²) in [5.74, 6) is 1.43. The Morgan fingerprint density at radius 3 is 2.55 bits per heavy atom. The third-order valence-corrected chi connectivity index (χ3v) is 3.83. The van der Waals surface area contributed by atoms with Crippen molar-refractivity contribution in [2.24, 2.45) is 13.0 Å². The van der Waals surface area contributed by atoms with Crippen molar-refractivity contribution in [1.82, 2.24) is 19.3 Å². The van der Waals surface area contributed by atoms with Gasteiger partial charge >= 0.3 is 0 Å². The number of hydrogen-bond donors (Lipinski definition) is 1. The van der Waals surface area contributed by atoms with Crippen molar-refractivity contribution in [2.45, 2.75) is 59.4 Å². The lowest BCUT2D eigenvalue weighted by Crippen LogP contribution is -2.07. The highest BCUT2D eigenvalue weighted by Gasteiger charge is 2.14. The van der Waals surface area contributed by atoms with Crippen LogP contribution in [-0.2, 0) is 13.6 Å². The number of nitrogens with zero attached hydrogens (tertiary/aromatic N) is 4. The van der Waals surface area contributed by atoms with E-state index in [0.29, 0.717) is 5.95 Å². The summed E-state index contributed by atoms with van der Waals surface area (Å²) in [6.45, 7) is 7.48. The lowest BCUT2D eigenvalue weighted by molar-refractivity contribution is 0.507. The predicted molar refractivity (Wildman–Crippen MR) is 83.6 cm³/mol. The first-order valence-electron chi connectivity index (χ1n) is 7.66. The molecule has 2 aromatic rings. The van der Waals surface area contributed by atoms with Crippen LogP contribution < -0.4 is 5.73 Å². The maximum atomic E-state index is 6.03. The number of aryl methyl sites for hydroxylation is 3. The minimum atomic E-state index is 0.610. The van der Waals surface area contributed by atoms with Crippen molar-refractivity contribution >= 4 is 17.1 Å². The number of nitrogen functional groups attached to an aromatic ring is 1. The van der Waals surface area contributed by atoms with Gasteiger partial charge in [-0.25, -0.2) is 4.98 Å². The summed E-state index contributed by atoms with van der Waals surface area (Å²) in [7, 11) is 1.95. The summed E-state index contributed by atoms with van der Waals surface area (Å²) in [6, 6.07) is 0. The van der Waals surface area contributed by atoms with Crippen LogP contribution in [-0.4, -0.2) is 19.3 Å². The van der Waals surface area contributed by atoms with Crippen LogP contribution in [0.3, 0.4) is 0 Å². The van der Waals surface area contributed by atoms with Gasteiger partial charge in [-0.05, 0) is 19.3 Å². The van der Waals surface area contributed by atoms with E-state index in [4.69, 9.17) is 5.73 Å². The van der Waals surface area contributed by atoms with E-state index in [1.54, 1.807) is 0 Å². The van der Waals surface area contributed by atoms with E-state index in [1.807, 2.05) is 18.7 Å². The van der Waals surface area contributed by atoms with Crippen LogP contribution in [0.4, 0.5) is 5.95 Å². The molecule has 5 heteroatoms. The first-order chi connectivity index (χ1) is 9.50. The SMILES string of the molecule is Cc1nn(C)c2c1nc(N)n2CCCCCCC(C)C. The van der Waals surface area contributed by atoms with E-state index in [2.05, 4.69) is 28.5 Å². The fourth-order valence-electron chi connectivity index (χ4n) is 2.75. The van der Waals surface area contributed by atoms with Gasteiger partial charge in [0.1, 0.15) is 5.52 Å². The molecule has 0 amide bonds. The van der Waals surface area contributed by atoms with Crippen LogP contribution >= 0.6 is 0 Å². The Morgan fingerprint density at radius 1 is 1.15 bits per heavy atom. The van der Waals surface area contributed by atoms with Gasteiger partial charge in [-0.3, -0.25) is 9.25 Å². The number of anilines is 1. The van der Waals surface area contributed by atoms with Gasteiger partial charge < -0.3 is 5.73 Å². The highest BCUT2D eigenvalue weighted by molar-refractivity contribution is 5.77. The monoisotopic (exact) mass is 277 g/mol. The van der Waals surface area contributed by atoms with E-state index in [9.17, 15) is 0 Å². The first-order valence-corrected chi connectivity index (χ1v) is 7.66. The molecule has 0 aliphatic heterocycles. The highest BCUT2D eigenvalue weighted by atomic mass is 15.3. The van der Waals surface area contributed by atoms with Gasteiger partial charge in [0.25, 0.3) is 0 Å². The lowest BCUT2D eigenvalue weighted by atomic mass is 10.0. The third-order valence-electron chi connectivity index (χ3n) is 3.83. The van der Waals surface area contributed by atoms with E-state index in [-0.39, 0.29) is 0 Å². The Balaban J connectivity index is 1.91. The van der Waals surface area contributed by atoms with Crippen molar-refractivity contribution in [1.29, 1.82) is 0 Å². The molecule has 0 bridgehead atoms. The van der Waals surface area contributed by atoms with E-state index in [1.165, 1.54) is 25.7 Å². The molecule has 0 fully saturated rings. The summed E-state index contributed by atoms with van der Waals surface area (Å²) >= 11 is 0. The number of unbranched alkanes of at least 4 members (excludes halogenated alkanes) is 3. The Labute approximate surface area is 121 Å². The molecule has 0 spiro atoms. The molecule has 0 radical (unpaired) electrons. The molecule has 2 rings (SSSR count). The van der Waals surface area contributed by atoms with Crippen LogP contribution in [0.25, 0.3) is 11.2 Å². The normalized spacial score (nSPS) is 11.8. The molecule has 0 aromatic carbocycles. The molecule has 0 saturated carbocycles. The molecule has 0 saturated heterocycles. The topological polar surface area (TPSA) is 61.7 Å². The zero-order valence-electron chi connectivity index (χ0n) is 13.2. The van der Waals surface area contributed by atoms with E-state index >= 15 is 0 Å². The molecular weight excluding hydrogens is 250 g/mol. The summed E-state index contributed by atoms with van der Waals surface area (Å²) in [4.78, 5) is 4.43. The molecule has 20 heavy (non-hydrogen) atoms. The smallest absolute Gasteiger partial charge is 0.202 e. The standard InChI is InChI=1S/C15H27N5/c1-11(2)9-7-5-6-8-10-20-14-13(17-15(20)16)12(3)18-19(14)4/h11H,5-10H2,1-4H3,(H2,16,17). The Hall–Kier alpha value is -1.52. The molecule has 0 atom stereocenters. The maximum absolute atomic E-state index is 6.03. The zero-order valence-corrected chi connectivity index (χ0v) is 13.2. The summed E-state index contributed by atoms with van der Waals surface area (Å²) in [5, 5.41) is 4.41. The quantitative estimate of drug-likeness (QED) is 0.790. The Morgan fingerprint density at radius 2 is 1.85 bits per heavy atom. The van der Waals surface area contributed by atoms with E-state index < -0.39 is 0 Å². The summed E-state index contributed by atoms with van der Waals surface area (Å²) in [6.07, 6.45) is 6.37. The van der Waals surface area contributed by atoms with Crippen LogP contribution in [0.15, 0.2) is 0 Å². The lowest BCUT2D eigenvalue weighted by Gasteiger charge is -2.07.